The van der Waals surface area contributed by atoms with Crippen molar-refractivity contribution in [3.63, 3.8) is 0 Å². The molecular formula is C19H20BrN3O4S2. The van der Waals surface area contributed by atoms with Crippen molar-refractivity contribution < 1.29 is 17.9 Å². The molecule has 2 aromatic carbocycles. The maximum absolute atomic E-state index is 12.2. The molecule has 1 fully saturated rings. The molecule has 29 heavy (non-hydrogen) atoms. The lowest BCUT2D eigenvalue weighted by atomic mass is 10.2. The number of anilines is 1. The Hall–Kier alpha value is -2.04. The molecule has 1 amide bonds. The summed E-state index contributed by atoms with van der Waals surface area (Å²) in [5, 5.41) is 3.91. The van der Waals surface area contributed by atoms with Crippen LogP contribution < -0.4 is 14.5 Å². The fraction of sp³-hybridized carbons (Fsp3) is 0.263. The van der Waals surface area contributed by atoms with Crippen LogP contribution in [0.1, 0.15) is 5.56 Å². The standard InChI is InChI=1S/C19H20BrN3O4S2/c1-29(25,26)23(18-5-3-2-4-17(18)20)11-19(24)22-21-10-14-6-8-15(9-7-14)27-16-12-28-13-16/h2-10,16H,11-13H2,1H3,(H,22,24). The van der Waals surface area contributed by atoms with Gasteiger partial charge in [-0.05, 0) is 57.9 Å². The number of hydrogen-bond donors (Lipinski definition) is 1. The van der Waals surface area contributed by atoms with Crippen LogP contribution in [-0.2, 0) is 14.8 Å². The maximum atomic E-state index is 12.2. The second kappa shape index (κ2) is 9.64. The van der Waals surface area contributed by atoms with Crippen molar-refractivity contribution in [2.24, 2.45) is 5.10 Å². The minimum atomic E-state index is -3.65. The Morgan fingerprint density at radius 3 is 2.55 bits per heavy atom. The van der Waals surface area contributed by atoms with Crippen LogP contribution in [0.25, 0.3) is 0 Å². The molecule has 2 aromatic rings. The van der Waals surface area contributed by atoms with Crippen molar-refractivity contribution in [1.82, 2.24) is 5.43 Å². The highest BCUT2D eigenvalue weighted by molar-refractivity contribution is 9.10. The van der Waals surface area contributed by atoms with Crippen LogP contribution in [0.15, 0.2) is 58.1 Å². The second-order valence-electron chi connectivity index (χ2n) is 6.36. The number of amides is 1. The lowest BCUT2D eigenvalue weighted by molar-refractivity contribution is -0.119. The smallest absolute Gasteiger partial charge is 0.260 e. The molecule has 10 heteroatoms. The van der Waals surface area contributed by atoms with E-state index in [-0.39, 0.29) is 12.6 Å². The molecular weight excluding hydrogens is 478 g/mol. The summed E-state index contributed by atoms with van der Waals surface area (Å²) in [6.07, 6.45) is 2.82. The summed E-state index contributed by atoms with van der Waals surface area (Å²) in [6, 6.07) is 14.2. The second-order valence-corrected chi connectivity index (χ2v) is 10.2. The van der Waals surface area contributed by atoms with E-state index in [2.05, 4.69) is 26.5 Å². The molecule has 0 atom stereocenters. The zero-order valence-corrected chi connectivity index (χ0v) is 18.8. The van der Waals surface area contributed by atoms with Crippen LogP contribution in [0.3, 0.4) is 0 Å². The minimum absolute atomic E-state index is 0.279. The Morgan fingerprint density at radius 2 is 1.97 bits per heavy atom. The zero-order valence-electron chi connectivity index (χ0n) is 15.6. The lowest BCUT2D eigenvalue weighted by Gasteiger charge is -2.25. The van der Waals surface area contributed by atoms with Gasteiger partial charge in [0, 0.05) is 16.0 Å². The SMILES string of the molecule is CS(=O)(=O)N(CC(=O)NN=Cc1ccc(OC2CSC2)cc1)c1ccccc1Br. The van der Waals surface area contributed by atoms with E-state index in [9.17, 15) is 13.2 Å². The Bertz CT molecular complexity index is 993. The van der Waals surface area contributed by atoms with Crippen LogP contribution in [0.5, 0.6) is 5.75 Å². The Kier molecular flexibility index (Phi) is 7.20. The number of hydrogen-bond acceptors (Lipinski definition) is 6. The van der Waals surface area contributed by atoms with E-state index in [1.807, 2.05) is 36.0 Å². The van der Waals surface area contributed by atoms with E-state index in [0.717, 1.165) is 33.4 Å². The summed E-state index contributed by atoms with van der Waals surface area (Å²) in [4.78, 5) is 12.2. The Labute approximate surface area is 182 Å². The third-order valence-corrected chi connectivity index (χ3v) is 7.01. The molecule has 1 saturated heterocycles. The van der Waals surface area contributed by atoms with Gasteiger partial charge in [0.1, 0.15) is 18.4 Å². The normalized spacial score (nSPS) is 14.4. The van der Waals surface area contributed by atoms with Gasteiger partial charge in [-0.3, -0.25) is 9.10 Å². The van der Waals surface area contributed by atoms with Gasteiger partial charge in [-0.1, -0.05) is 12.1 Å². The molecule has 0 saturated carbocycles. The first-order chi connectivity index (χ1) is 13.8. The molecule has 7 nitrogen and oxygen atoms in total. The molecule has 1 heterocycles. The third-order valence-electron chi connectivity index (χ3n) is 4.00. The molecule has 0 aromatic heterocycles. The number of nitrogens with zero attached hydrogens (tertiary/aromatic N) is 2. The van der Waals surface area contributed by atoms with Crippen molar-refractivity contribution in [2.75, 3.05) is 28.6 Å². The molecule has 0 aliphatic carbocycles. The number of nitrogens with one attached hydrogen (secondary N) is 1. The maximum Gasteiger partial charge on any atom is 0.260 e. The Balaban J connectivity index is 1.58. The highest BCUT2D eigenvalue weighted by Crippen LogP contribution is 2.27. The quantitative estimate of drug-likeness (QED) is 0.447. The first kappa shape index (κ1) is 21.7. The van der Waals surface area contributed by atoms with Gasteiger partial charge in [0.25, 0.3) is 5.91 Å². The van der Waals surface area contributed by atoms with Crippen molar-refractivity contribution in [1.29, 1.82) is 0 Å². The van der Waals surface area contributed by atoms with E-state index >= 15 is 0 Å². The molecule has 3 rings (SSSR count). The topological polar surface area (TPSA) is 88.1 Å². The van der Waals surface area contributed by atoms with E-state index in [0.29, 0.717) is 10.2 Å². The zero-order chi connectivity index (χ0) is 20.9. The van der Waals surface area contributed by atoms with E-state index in [4.69, 9.17) is 4.74 Å². The molecule has 154 valence electrons. The van der Waals surface area contributed by atoms with Gasteiger partial charge in [0.2, 0.25) is 10.0 Å². The minimum Gasteiger partial charge on any atom is -0.489 e. The van der Waals surface area contributed by atoms with Gasteiger partial charge in [-0.15, -0.1) is 0 Å². The largest absolute Gasteiger partial charge is 0.489 e. The summed E-state index contributed by atoms with van der Waals surface area (Å²) in [5.41, 5.74) is 3.53. The molecule has 0 bridgehead atoms. The average molecular weight is 498 g/mol. The molecule has 0 spiro atoms. The number of ether oxygens (including phenoxy) is 1. The average Bonchev–Trinajstić information content (AvgIpc) is 2.64. The fourth-order valence-electron chi connectivity index (χ4n) is 2.49. The molecule has 0 unspecified atom stereocenters. The third kappa shape index (κ3) is 6.22. The summed E-state index contributed by atoms with van der Waals surface area (Å²) in [7, 11) is -3.65. The van der Waals surface area contributed by atoms with Gasteiger partial charge < -0.3 is 4.74 Å². The highest BCUT2D eigenvalue weighted by atomic mass is 79.9. The fourth-order valence-corrected chi connectivity index (χ4v) is 4.54. The van der Waals surface area contributed by atoms with E-state index < -0.39 is 15.9 Å². The molecule has 0 radical (unpaired) electrons. The van der Waals surface area contributed by atoms with Gasteiger partial charge in [0.05, 0.1) is 18.2 Å². The monoisotopic (exact) mass is 497 g/mol. The first-order valence-electron chi connectivity index (χ1n) is 8.71. The van der Waals surface area contributed by atoms with Crippen molar-refractivity contribution in [2.45, 2.75) is 6.10 Å². The number of carbonyl (C=O) groups excluding carboxylic acids is 1. The summed E-state index contributed by atoms with van der Waals surface area (Å²) in [6.45, 7) is -0.384. The van der Waals surface area contributed by atoms with Gasteiger partial charge in [-0.2, -0.15) is 16.9 Å². The predicted octanol–water partition coefficient (Wildman–Crippen LogP) is 2.86. The number of sulfonamides is 1. The number of benzene rings is 2. The number of para-hydroxylation sites is 1. The number of hydrazone groups is 1. The Morgan fingerprint density at radius 1 is 1.28 bits per heavy atom. The number of rotatable bonds is 8. The summed E-state index contributed by atoms with van der Waals surface area (Å²) < 4.78 is 31.6. The molecule has 1 aliphatic rings. The van der Waals surface area contributed by atoms with E-state index in [1.54, 1.807) is 24.3 Å². The highest BCUT2D eigenvalue weighted by Gasteiger charge is 2.22. The number of carbonyl (C=O) groups is 1. The summed E-state index contributed by atoms with van der Waals surface area (Å²) >= 11 is 5.17. The van der Waals surface area contributed by atoms with Gasteiger partial charge >= 0.3 is 0 Å². The molecule has 1 N–H and O–H groups in total. The number of halogens is 1. The van der Waals surface area contributed by atoms with Crippen LogP contribution >= 0.6 is 27.7 Å². The van der Waals surface area contributed by atoms with Gasteiger partial charge in [-0.25, -0.2) is 13.8 Å². The summed E-state index contributed by atoms with van der Waals surface area (Å²) in [5.74, 6) is 2.28. The van der Waals surface area contributed by atoms with Crippen molar-refractivity contribution >= 4 is 55.5 Å². The molecule has 1 aliphatic heterocycles. The predicted molar refractivity (Wildman–Crippen MR) is 120 cm³/mol. The van der Waals surface area contributed by atoms with E-state index in [1.165, 1.54) is 6.21 Å². The van der Waals surface area contributed by atoms with Crippen LogP contribution in [-0.4, -0.2) is 50.9 Å². The number of thioether (sulfide) groups is 1. The van der Waals surface area contributed by atoms with Crippen LogP contribution in [0.2, 0.25) is 0 Å². The van der Waals surface area contributed by atoms with Crippen molar-refractivity contribution in [3.8, 4) is 5.75 Å². The lowest BCUT2D eigenvalue weighted by Crippen LogP contribution is -2.39. The first-order valence-corrected chi connectivity index (χ1v) is 12.5. The van der Waals surface area contributed by atoms with Gasteiger partial charge in [0.15, 0.2) is 0 Å². The van der Waals surface area contributed by atoms with Crippen LogP contribution in [0.4, 0.5) is 5.69 Å². The van der Waals surface area contributed by atoms with Crippen molar-refractivity contribution in [3.05, 3.63) is 58.6 Å². The van der Waals surface area contributed by atoms with Crippen LogP contribution in [0, 0.1) is 0 Å².